The first-order chi connectivity index (χ1) is 8.56. The molecule has 0 heterocycles. The molecule has 0 bridgehead atoms. The number of halogens is 3. The van der Waals surface area contributed by atoms with Crippen LogP contribution in [0.25, 0.3) is 0 Å². The van der Waals surface area contributed by atoms with Crippen molar-refractivity contribution in [3.8, 4) is 0 Å². The molecule has 0 amide bonds. The molecule has 0 aliphatic heterocycles. The first-order valence-electron chi connectivity index (χ1n) is 5.53. The predicted octanol–water partition coefficient (Wildman–Crippen LogP) is 5.82. The van der Waals surface area contributed by atoms with Crippen molar-refractivity contribution in [2.45, 2.75) is 13.0 Å². The summed E-state index contributed by atoms with van der Waals surface area (Å²) in [5.41, 5.74) is 2.09. The molecule has 0 fully saturated rings. The van der Waals surface area contributed by atoms with E-state index in [-0.39, 0.29) is 6.04 Å². The van der Waals surface area contributed by atoms with Gasteiger partial charge in [0.05, 0.1) is 10.0 Å². The normalized spacial score (nSPS) is 12.2. The van der Waals surface area contributed by atoms with Crippen LogP contribution < -0.4 is 5.32 Å². The van der Waals surface area contributed by atoms with Crippen LogP contribution in [0.3, 0.4) is 0 Å². The van der Waals surface area contributed by atoms with E-state index in [1.54, 1.807) is 6.07 Å². The lowest BCUT2D eigenvalue weighted by atomic mass is 10.1. The topological polar surface area (TPSA) is 12.0 Å². The monoisotopic (exact) mass is 299 g/mol. The van der Waals surface area contributed by atoms with Crippen LogP contribution in [0.4, 0.5) is 5.69 Å². The summed E-state index contributed by atoms with van der Waals surface area (Å²) in [6.45, 7) is 2.06. The molecule has 18 heavy (non-hydrogen) atoms. The molecule has 4 heteroatoms. The van der Waals surface area contributed by atoms with Crippen molar-refractivity contribution >= 4 is 40.5 Å². The van der Waals surface area contributed by atoms with Gasteiger partial charge in [0.1, 0.15) is 0 Å². The zero-order valence-corrected chi connectivity index (χ0v) is 12.0. The summed E-state index contributed by atoms with van der Waals surface area (Å²) < 4.78 is 0. The molecule has 0 aromatic heterocycles. The number of hydrogen-bond donors (Lipinski definition) is 1. The number of benzene rings is 2. The van der Waals surface area contributed by atoms with Crippen LogP contribution in [-0.2, 0) is 0 Å². The zero-order valence-electron chi connectivity index (χ0n) is 9.75. The molecule has 2 rings (SSSR count). The van der Waals surface area contributed by atoms with Crippen molar-refractivity contribution in [2.75, 3.05) is 5.32 Å². The maximum absolute atomic E-state index is 6.00. The molecule has 1 unspecified atom stereocenters. The van der Waals surface area contributed by atoms with E-state index >= 15 is 0 Å². The summed E-state index contributed by atoms with van der Waals surface area (Å²) in [6, 6.07) is 13.4. The van der Waals surface area contributed by atoms with E-state index in [1.807, 2.05) is 36.4 Å². The average Bonchev–Trinajstić information content (AvgIpc) is 2.35. The van der Waals surface area contributed by atoms with Crippen molar-refractivity contribution in [3.05, 3.63) is 63.1 Å². The highest BCUT2D eigenvalue weighted by Gasteiger charge is 2.07. The van der Waals surface area contributed by atoms with E-state index in [4.69, 9.17) is 34.8 Å². The molecule has 1 N–H and O–H groups in total. The summed E-state index contributed by atoms with van der Waals surface area (Å²) in [5, 5.41) is 5.23. The summed E-state index contributed by atoms with van der Waals surface area (Å²) in [6.07, 6.45) is 0. The van der Waals surface area contributed by atoms with Gasteiger partial charge in [-0.15, -0.1) is 0 Å². The molecule has 2 aromatic carbocycles. The van der Waals surface area contributed by atoms with Crippen molar-refractivity contribution in [2.24, 2.45) is 0 Å². The smallest absolute Gasteiger partial charge is 0.0595 e. The van der Waals surface area contributed by atoms with E-state index < -0.39 is 0 Å². The number of hydrogen-bond acceptors (Lipinski definition) is 1. The average molecular weight is 301 g/mol. The van der Waals surface area contributed by atoms with Gasteiger partial charge in [-0.25, -0.2) is 0 Å². The van der Waals surface area contributed by atoms with Gasteiger partial charge in [0.2, 0.25) is 0 Å². The molecule has 0 aliphatic carbocycles. The van der Waals surface area contributed by atoms with Gasteiger partial charge in [0.25, 0.3) is 0 Å². The second kappa shape index (κ2) is 5.83. The van der Waals surface area contributed by atoms with Crippen molar-refractivity contribution in [3.63, 3.8) is 0 Å². The van der Waals surface area contributed by atoms with Gasteiger partial charge in [-0.1, -0.05) is 40.9 Å². The van der Waals surface area contributed by atoms with E-state index in [0.717, 1.165) is 16.3 Å². The molecular formula is C14H12Cl3N. The highest BCUT2D eigenvalue weighted by atomic mass is 35.5. The number of anilines is 1. The van der Waals surface area contributed by atoms with E-state index in [1.165, 1.54) is 0 Å². The van der Waals surface area contributed by atoms with Crippen molar-refractivity contribution in [1.82, 2.24) is 0 Å². The minimum absolute atomic E-state index is 0.140. The third-order valence-electron chi connectivity index (χ3n) is 2.67. The Morgan fingerprint density at radius 2 is 1.56 bits per heavy atom. The molecule has 0 saturated carbocycles. The van der Waals surface area contributed by atoms with Gasteiger partial charge >= 0.3 is 0 Å². The second-order valence-electron chi connectivity index (χ2n) is 4.05. The maximum atomic E-state index is 6.00. The van der Waals surface area contributed by atoms with Gasteiger partial charge in [-0.3, -0.25) is 0 Å². The van der Waals surface area contributed by atoms with Gasteiger partial charge in [0.15, 0.2) is 0 Å². The predicted molar refractivity (Wildman–Crippen MR) is 80.0 cm³/mol. The van der Waals surface area contributed by atoms with E-state index in [0.29, 0.717) is 10.0 Å². The molecule has 0 radical (unpaired) electrons. The highest BCUT2D eigenvalue weighted by molar-refractivity contribution is 6.42. The lowest BCUT2D eigenvalue weighted by Gasteiger charge is -2.16. The van der Waals surface area contributed by atoms with Crippen LogP contribution in [0, 0.1) is 0 Å². The zero-order chi connectivity index (χ0) is 13.1. The van der Waals surface area contributed by atoms with Gasteiger partial charge in [-0.2, -0.15) is 0 Å². The first kappa shape index (κ1) is 13.5. The second-order valence-corrected chi connectivity index (χ2v) is 5.30. The van der Waals surface area contributed by atoms with Crippen molar-refractivity contribution < 1.29 is 0 Å². The Bertz CT molecular complexity index is 537. The molecule has 2 aromatic rings. The Balaban J connectivity index is 2.13. The summed E-state index contributed by atoms with van der Waals surface area (Å²) in [5.74, 6) is 0. The highest BCUT2D eigenvalue weighted by Crippen LogP contribution is 2.27. The van der Waals surface area contributed by atoms with Gasteiger partial charge in [0, 0.05) is 16.8 Å². The van der Waals surface area contributed by atoms with Gasteiger partial charge < -0.3 is 5.32 Å². The molecule has 0 spiro atoms. The Morgan fingerprint density at radius 1 is 0.889 bits per heavy atom. The molecule has 1 nitrogen and oxygen atoms in total. The fraction of sp³-hybridized carbons (Fsp3) is 0.143. The van der Waals surface area contributed by atoms with Crippen LogP contribution in [0.1, 0.15) is 18.5 Å². The van der Waals surface area contributed by atoms with Gasteiger partial charge in [-0.05, 0) is 48.9 Å². The number of nitrogens with one attached hydrogen (secondary N) is 1. The van der Waals surface area contributed by atoms with Crippen molar-refractivity contribution in [1.29, 1.82) is 0 Å². The first-order valence-corrected chi connectivity index (χ1v) is 6.66. The quantitative estimate of drug-likeness (QED) is 0.753. The van der Waals surface area contributed by atoms with Crippen LogP contribution in [0.5, 0.6) is 0 Å². The van der Waals surface area contributed by atoms with Crippen LogP contribution >= 0.6 is 34.8 Å². The van der Waals surface area contributed by atoms with Crippen LogP contribution in [0.2, 0.25) is 15.1 Å². The van der Waals surface area contributed by atoms with Crippen LogP contribution in [0.15, 0.2) is 42.5 Å². The lowest BCUT2D eigenvalue weighted by molar-refractivity contribution is 0.885. The summed E-state index contributed by atoms with van der Waals surface area (Å²) in [4.78, 5) is 0. The van der Waals surface area contributed by atoms with E-state index in [9.17, 15) is 0 Å². The third-order valence-corrected chi connectivity index (χ3v) is 3.66. The SMILES string of the molecule is CC(Nc1ccc(Cl)cc1)c1ccc(Cl)c(Cl)c1. The molecule has 94 valence electrons. The fourth-order valence-electron chi connectivity index (χ4n) is 1.66. The minimum atomic E-state index is 0.140. The lowest BCUT2D eigenvalue weighted by Crippen LogP contribution is -2.06. The Morgan fingerprint density at radius 3 is 2.17 bits per heavy atom. The molecule has 0 saturated heterocycles. The Hall–Kier alpha value is -0.890. The Kier molecular flexibility index (Phi) is 4.39. The number of rotatable bonds is 3. The summed E-state index contributed by atoms with van der Waals surface area (Å²) in [7, 11) is 0. The largest absolute Gasteiger partial charge is 0.379 e. The Labute approximate surface area is 122 Å². The summed E-state index contributed by atoms with van der Waals surface area (Å²) >= 11 is 17.7. The maximum Gasteiger partial charge on any atom is 0.0595 e. The van der Waals surface area contributed by atoms with Crippen LogP contribution in [-0.4, -0.2) is 0 Å². The third kappa shape index (κ3) is 3.32. The molecular weight excluding hydrogens is 289 g/mol. The van der Waals surface area contributed by atoms with E-state index in [2.05, 4.69) is 12.2 Å². The standard InChI is InChI=1S/C14H12Cl3N/c1-9(10-2-7-13(16)14(17)8-10)18-12-5-3-11(15)4-6-12/h2-9,18H,1H3. The fourth-order valence-corrected chi connectivity index (χ4v) is 2.09. The minimum Gasteiger partial charge on any atom is -0.379 e. The molecule has 1 atom stereocenters. The molecule has 0 aliphatic rings.